The summed E-state index contributed by atoms with van der Waals surface area (Å²) in [7, 11) is -3.96. The third-order valence-corrected chi connectivity index (χ3v) is 7.15. The first-order valence-electron chi connectivity index (χ1n) is 10.1. The van der Waals surface area contributed by atoms with Gasteiger partial charge in [-0.2, -0.15) is 9.41 Å². The van der Waals surface area contributed by atoms with E-state index in [9.17, 15) is 18.0 Å². The van der Waals surface area contributed by atoms with Gasteiger partial charge >= 0.3 is 5.97 Å². The van der Waals surface area contributed by atoms with Crippen LogP contribution >= 0.6 is 15.9 Å². The highest BCUT2D eigenvalue weighted by Gasteiger charge is 2.27. The molecule has 34 heavy (non-hydrogen) atoms. The Balaban J connectivity index is 1.75. The van der Waals surface area contributed by atoms with E-state index in [-0.39, 0.29) is 17.0 Å². The van der Waals surface area contributed by atoms with Crippen molar-refractivity contribution in [2.45, 2.75) is 18.4 Å². The number of sulfonamides is 1. The quantitative estimate of drug-likeness (QED) is 0.314. The minimum Gasteiger partial charge on any atom is -0.478 e. The Morgan fingerprint density at radius 2 is 1.62 bits per heavy atom. The summed E-state index contributed by atoms with van der Waals surface area (Å²) >= 11 is 3.35. The van der Waals surface area contributed by atoms with E-state index < -0.39 is 28.4 Å². The molecule has 1 amide bonds. The normalized spacial score (nSPS) is 11.6. The standard InChI is InChI=1S/C24H22BrN3O5S/c1-17-2-12-22(13-3-17)34(32,33)28(15-19-6-10-21(25)11-7-19)16-23(29)27-26-14-18-4-8-20(9-5-18)24(30)31/h2-14H,15-16H2,1H3,(H,27,29)(H,30,31)/b26-14-. The van der Waals surface area contributed by atoms with Crippen LogP contribution in [-0.2, 0) is 21.4 Å². The maximum atomic E-state index is 13.3. The number of rotatable bonds is 9. The molecule has 0 fully saturated rings. The molecule has 0 bridgehead atoms. The largest absolute Gasteiger partial charge is 0.478 e. The maximum absolute atomic E-state index is 13.3. The molecule has 0 aromatic heterocycles. The SMILES string of the molecule is Cc1ccc(S(=O)(=O)N(CC(=O)N/N=C\c2ccc(C(=O)O)cc2)Cc2ccc(Br)cc2)cc1. The molecule has 0 aliphatic carbocycles. The van der Waals surface area contributed by atoms with Gasteiger partial charge in [0.25, 0.3) is 5.91 Å². The Hall–Kier alpha value is -3.34. The Bertz CT molecular complexity index is 1290. The molecule has 0 saturated heterocycles. The average molecular weight is 544 g/mol. The second-order valence-corrected chi connectivity index (χ2v) is 10.3. The Kier molecular flexibility index (Phi) is 8.32. The Morgan fingerprint density at radius 3 is 2.21 bits per heavy atom. The zero-order valence-electron chi connectivity index (χ0n) is 18.2. The zero-order chi connectivity index (χ0) is 24.7. The van der Waals surface area contributed by atoms with Gasteiger partial charge in [0.2, 0.25) is 10.0 Å². The predicted octanol–water partition coefficient (Wildman–Crippen LogP) is 3.80. The van der Waals surface area contributed by atoms with Crippen LogP contribution in [0.5, 0.6) is 0 Å². The summed E-state index contributed by atoms with van der Waals surface area (Å²) in [5, 5.41) is 12.8. The van der Waals surface area contributed by atoms with Crippen molar-refractivity contribution in [1.29, 1.82) is 0 Å². The number of amides is 1. The summed E-state index contributed by atoms with van der Waals surface area (Å²) in [6.45, 7) is 1.41. The Labute approximate surface area is 206 Å². The monoisotopic (exact) mass is 543 g/mol. The average Bonchev–Trinajstić information content (AvgIpc) is 2.80. The van der Waals surface area contributed by atoms with Gasteiger partial charge in [0.05, 0.1) is 23.2 Å². The number of hydrogen-bond acceptors (Lipinski definition) is 5. The van der Waals surface area contributed by atoms with E-state index in [1.807, 2.05) is 6.92 Å². The lowest BCUT2D eigenvalue weighted by Crippen LogP contribution is -2.39. The van der Waals surface area contributed by atoms with E-state index in [2.05, 4.69) is 26.5 Å². The number of benzene rings is 3. The maximum Gasteiger partial charge on any atom is 0.335 e. The fourth-order valence-electron chi connectivity index (χ4n) is 2.96. The summed E-state index contributed by atoms with van der Waals surface area (Å²) in [4.78, 5) is 23.6. The molecular weight excluding hydrogens is 522 g/mol. The number of carboxylic acid groups (broad SMARTS) is 1. The van der Waals surface area contributed by atoms with E-state index in [4.69, 9.17) is 5.11 Å². The van der Waals surface area contributed by atoms with Crippen molar-refractivity contribution in [2.75, 3.05) is 6.54 Å². The minimum atomic E-state index is -3.96. The summed E-state index contributed by atoms with van der Waals surface area (Å²) < 4.78 is 28.5. The number of carboxylic acids is 1. The number of aryl methyl sites for hydroxylation is 1. The van der Waals surface area contributed by atoms with Crippen LogP contribution in [0.1, 0.15) is 27.0 Å². The first kappa shape index (κ1) is 25.3. The number of nitrogens with one attached hydrogen (secondary N) is 1. The highest BCUT2D eigenvalue weighted by Crippen LogP contribution is 2.20. The third kappa shape index (κ3) is 6.83. The van der Waals surface area contributed by atoms with Gasteiger partial charge in [-0.25, -0.2) is 18.6 Å². The predicted molar refractivity (Wildman–Crippen MR) is 132 cm³/mol. The second kappa shape index (κ2) is 11.2. The van der Waals surface area contributed by atoms with E-state index in [0.717, 1.165) is 14.3 Å². The van der Waals surface area contributed by atoms with Crippen LogP contribution < -0.4 is 5.43 Å². The first-order valence-corrected chi connectivity index (χ1v) is 12.3. The number of carbonyl (C=O) groups is 2. The fourth-order valence-corrected chi connectivity index (χ4v) is 4.61. The number of carbonyl (C=O) groups excluding carboxylic acids is 1. The van der Waals surface area contributed by atoms with Crippen molar-refractivity contribution in [3.05, 3.63) is 99.5 Å². The molecular formula is C24H22BrN3O5S. The second-order valence-electron chi connectivity index (χ2n) is 7.43. The molecule has 3 aromatic carbocycles. The molecule has 0 aliphatic rings. The topological polar surface area (TPSA) is 116 Å². The highest BCUT2D eigenvalue weighted by atomic mass is 79.9. The van der Waals surface area contributed by atoms with Crippen LogP contribution in [-0.4, -0.2) is 42.5 Å². The lowest BCUT2D eigenvalue weighted by atomic mass is 10.1. The number of hydrazone groups is 1. The molecule has 3 aromatic rings. The van der Waals surface area contributed by atoms with Gasteiger partial charge in [0.15, 0.2) is 0 Å². The molecule has 3 rings (SSSR count). The van der Waals surface area contributed by atoms with Crippen molar-refractivity contribution in [3.63, 3.8) is 0 Å². The van der Waals surface area contributed by atoms with Gasteiger partial charge in [-0.1, -0.05) is 57.9 Å². The summed E-state index contributed by atoms with van der Waals surface area (Å²) in [6, 6.07) is 19.5. The number of nitrogens with zero attached hydrogens (tertiary/aromatic N) is 2. The van der Waals surface area contributed by atoms with Gasteiger partial charge in [-0.15, -0.1) is 0 Å². The van der Waals surface area contributed by atoms with Crippen LogP contribution in [0.3, 0.4) is 0 Å². The van der Waals surface area contributed by atoms with Crippen molar-refractivity contribution in [2.24, 2.45) is 5.10 Å². The van der Waals surface area contributed by atoms with Crippen LogP contribution in [0.25, 0.3) is 0 Å². The minimum absolute atomic E-state index is 0.00270. The summed E-state index contributed by atoms with van der Waals surface area (Å²) in [5.41, 5.74) is 4.67. The molecule has 0 spiro atoms. The van der Waals surface area contributed by atoms with E-state index in [1.54, 1.807) is 48.5 Å². The fraction of sp³-hybridized carbons (Fsp3) is 0.125. The lowest BCUT2D eigenvalue weighted by molar-refractivity contribution is -0.121. The number of hydrogen-bond donors (Lipinski definition) is 2. The zero-order valence-corrected chi connectivity index (χ0v) is 20.6. The summed E-state index contributed by atoms with van der Waals surface area (Å²) in [6.07, 6.45) is 1.34. The van der Waals surface area contributed by atoms with Gasteiger partial charge in [0, 0.05) is 11.0 Å². The number of halogens is 1. The van der Waals surface area contributed by atoms with Crippen molar-refractivity contribution in [1.82, 2.24) is 9.73 Å². The first-order chi connectivity index (χ1) is 16.1. The van der Waals surface area contributed by atoms with Crippen molar-refractivity contribution >= 4 is 44.0 Å². The summed E-state index contributed by atoms with van der Waals surface area (Å²) in [5.74, 6) is -1.66. The molecule has 0 heterocycles. The van der Waals surface area contributed by atoms with Gasteiger partial charge < -0.3 is 5.11 Å². The van der Waals surface area contributed by atoms with E-state index >= 15 is 0 Å². The Morgan fingerprint density at radius 1 is 1.00 bits per heavy atom. The molecule has 0 atom stereocenters. The number of aromatic carboxylic acids is 1. The molecule has 0 unspecified atom stereocenters. The van der Waals surface area contributed by atoms with Crippen LogP contribution in [0.2, 0.25) is 0 Å². The molecule has 0 saturated carbocycles. The van der Waals surface area contributed by atoms with Crippen LogP contribution in [0, 0.1) is 6.92 Å². The molecule has 10 heteroatoms. The smallest absolute Gasteiger partial charge is 0.335 e. The molecule has 176 valence electrons. The lowest BCUT2D eigenvalue weighted by Gasteiger charge is -2.21. The third-order valence-electron chi connectivity index (χ3n) is 4.81. The van der Waals surface area contributed by atoms with Gasteiger partial charge in [-0.3, -0.25) is 4.79 Å². The van der Waals surface area contributed by atoms with E-state index in [1.165, 1.54) is 30.5 Å². The van der Waals surface area contributed by atoms with Crippen LogP contribution in [0.15, 0.2) is 87.3 Å². The van der Waals surface area contributed by atoms with Crippen molar-refractivity contribution < 1.29 is 23.1 Å². The molecule has 2 N–H and O–H groups in total. The van der Waals surface area contributed by atoms with Gasteiger partial charge in [0.1, 0.15) is 0 Å². The molecule has 0 aliphatic heterocycles. The van der Waals surface area contributed by atoms with Gasteiger partial charge in [-0.05, 0) is 54.4 Å². The van der Waals surface area contributed by atoms with Crippen LogP contribution in [0.4, 0.5) is 0 Å². The molecule has 8 nitrogen and oxygen atoms in total. The van der Waals surface area contributed by atoms with Crippen molar-refractivity contribution in [3.8, 4) is 0 Å². The molecule has 0 radical (unpaired) electrons. The highest BCUT2D eigenvalue weighted by molar-refractivity contribution is 9.10. The van der Waals surface area contributed by atoms with E-state index in [0.29, 0.717) is 11.1 Å².